The van der Waals surface area contributed by atoms with Gasteiger partial charge in [-0.15, -0.1) is 0 Å². The van der Waals surface area contributed by atoms with Crippen molar-refractivity contribution in [3.8, 4) is 0 Å². The molecule has 0 unspecified atom stereocenters. The van der Waals surface area contributed by atoms with Crippen molar-refractivity contribution < 1.29 is 4.79 Å². The molecule has 2 aliphatic carbocycles. The predicted octanol–water partition coefficient (Wildman–Crippen LogP) is 1.58. The zero-order valence-electron chi connectivity index (χ0n) is 12.4. The maximum atomic E-state index is 12.6. The number of carbonyl (C=O) groups excluding carboxylic acids is 1. The van der Waals surface area contributed by atoms with E-state index in [1.165, 1.54) is 23.9 Å². The molecule has 0 bridgehead atoms. The van der Waals surface area contributed by atoms with E-state index in [0.29, 0.717) is 11.2 Å². The van der Waals surface area contributed by atoms with E-state index in [4.69, 9.17) is 11.5 Å². The maximum absolute atomic E-state index is 12.6. The average molecular weight is 320 g/mol. The van der Waals surface area contributed by atoms with Gasteiger partial charge in [-0.05, 0) is 38.5 Å². The van der Waals surface area contributed by atoms with Crippen molar-refractivity contribution in [3.63, 3.8) is 0 Å². The van der Waals surface area contributed by atoms with Gasteiger partial charge in [0.05, 0.1) is 5.75 Å². The summed E-state index contributed by atoms with van der Waals surface area (Å²) in [5.74, 6) is 0.558. The minimum Gasteiger partial charge on any atom is -0.368 e. The Morgan fingerprint density at radius 2 is 1.95 bits per heavy atom. The molecule has 1 saturated carbocycles. The summed E-state index contributed by atoms with van der Waals surface area (Å²) in [5.41, 5.74) is 12.3. The summed E-state index contributed by atoms with van der Waals surface area (Å²) in [6.07, 6.45) is 8.85. The van der Waals surface area contributed by atoms with Gasteiger partial charge in [0.1, 0.15) is 0 Å². The van der Waals surface area contributed by atoms with Gasteiger partial charge in [-0.2, -0.15) is 15.0 Å². The third-order valence-corrected chi connectivity index (χ3v) is 4.56. The number of amides is 1. The first-order chi connectivity index (χ1) is 10.6. The van der Waals surface area contributed by atoms with E-state index in [9.17, 15) is 4.79 Å². The van der Waals surface area contributed by atoms with Gasteiger partial charge in [-0.3, -0.25) is 4.79 Å². The Labute approximate surface area is 133 Å². The fraction of sp³-hybridized carbons (Fsp3) is 0.571. The number of hydrogen-bond acceptors (Lipinski definition) is 7. The molecule has 0 saturated heterocycles. The first-order valence-electron chi connectivity index (χ1n) is 7.54. The van der Waals surface area contributed by atoms with E-state index < -0.39 is 0 Å². The summed E-state index contributed by atoms with van der Waals surface area (Å²) in [5, 5.41) is 0.395. The topological polar surface area (TPSA) is 111 Å². The van der Waals surface area contributed by atoms with E-state index in [0.717, 1.165) is 32.1 Å². The van der Waals surface area contributed by atoms with Crippen LogP contribution < -0.4 is 11.5 Å². The molecule has 22 heavy (non-hydrogen) atoms. The van der Waals surface area contributed by atoms with Gasteiger partial charge in [0.2, 0.25) is 17.8 Å². The number of rotatable bonds is 5. The number of anilines is 2. The third kappa shape index (κ3) is 3.68. The first kappa shape index (κ1) is 15.1. The summed E-state index contributed by atoms with van der Waals surface area (Å²) in [6.45, 7) is 0. The van der Waals surface area contributed by atoms with Crippen molar-refractivity contribution in [1.82, 2.24) is 19.9 Å². The van der Waals surface area contributed by atoms with Crippen LogP contribution in [0.5, 0.6) is 0 Å². The summed E-state index contributed by atoms with van der Waals surface area (Å²) < 4.78 is 0. The molecule has 8 heteroatoms. The lowest BCUT2D eigenvalue weighted by Crippen LogP contribution is -2.34. The van der Waals surface area contributed by atoms with Crippen LogP contribution in [0.2, 0.25) is 0 Å². The molecule has 1 aromatic heterocycles. The molecule has 0 atom stereocenters. The van der Waals surface area contributed by atoms with Crippen LogP contribution in [0.15, 0.2) is 16.9 Å². The second kappa shape index (κ2) is 6.51. The second-order valence-corrected chi connectivity index (χ2v) is 6.50. The van der Waals surface area contributed by atoms with Crippen molar-refractivity contribution in [2.45, 2.75) is 49.7 Å². The lowest BCUT2D eigenvalue weighted by Gasteiger charge is -2.27. The molecular formula is C14H20N6OS. The molecule has 7 nitrogen and oxygen atoms in total. The number of hydrogen-bond donors (Lipinski definition) is 2. The smallest absolute Gasteiger partial charge is 0.237 e. The van der Waals surface area contributed by atoms with E-state index in [-0.39, 0.29) is 23.6 Å². The van der Waals surface area contributed by atoms with Gasteiger partial charge in [0.25, 0.3) is 0 Å². The molecule has 2 aliphatic rings. The number of nitrogens with zero attached hydrogens (tertiary/aromatic N) is 4. The molecule has 3 rings (SSSR count). The molecule has 0 aromatic carbocycles. The van der Waals surface area contributed by atoms with E-state index in [1.807, 2.05) is 4.90 Å². The van der Waals surface area contributed by atoms with E-state index >= 15 is 0 Å². The van der Waals surface area contributed by atoms with Crippen LogP contribution in [0.3, 0.4) is 0 Å². The van der Waals surface area contributed by atoms with Crippen LogP contribution in [0, 0.1) is 0 Å². The number of allylic oxidation sites excluding steroid dienone is 2. The van der Waals surface area contributed by atoms with Crippen molar-refractivity contribution in [3.05, 3.63) is 11.8 Å². The highest BCUT2D eigenvalue weighted by Gasteiger charge is 2.34. The number of nitrogens with two attached hydrogens (primary N) is 2. The number of carbonyl (C=O) groups is 1. The molecule has 1 aromatic rings. The number of aromatic nitrogens is 3. The normalized spacial score (nSPS) is 17.9. The monoisotopic (exact) mass is 320 g/mol. The summed E-state index contributed by atoms with van der Waals surface area (Å²) in [7, 11) is 0. The van der Waals surface area contributed by atoms with Crippen molar-refractivity contribution in [2.24, 2.45) is 0 Å². The van der Waals surface area contributed by atoms with Crippen molar-refractivity contribution in [2.75, 3.05) is 17.2 Å². The zero-order valence-corrected chi connectivity index (χ0v) is 13.2. The summed E-state index contributed by atoms with van der Waals surface area (Å²) in [6, 6.07) is 0.381. The Hall–Kier alpha value is -1.83. The average Bonchev–Trinajstić information content (AvgIpc) is 3.30. The van der Waals surface area contributed by atoms with Crippen molar-refractivity contribution in [1.29, 1.82) is 0 Å². The Bertz CT molecular complexity index is 581. The van der Waals surface area contributed by atoms with Gasteiger partial charge in [0.15, 0.2) is 5.16 Å². The van der Waals surface area contributed by atoms with Gasteiger partial charge in [-0.25, -0.2) is 0 Å². The van der Waals surface area contributed by atoms with Crippen LogP contribution in [0.4, 0.5) is 11.9 Å². The summed E-state index contributed by atoms with van der Waals surface area (Å²) >= 11 is 1.25. The van der Waals surface area contributed by atoms with Gasteiger partial charge in [-0.1, -0.05) is 17.8 Å². The van der Waals surface area contributed by atoms with Gasteiger partial charge in [0, 0.05) is 11.7 Å². The standard InChI is InChI=1S/C14H20N6OS/c15-12-17-13(16)19-14(18-12)22-8-11(21)20(10-6-7-10)9-4-2-1-3-5-9/h4,10H,1-3,5-8H2,(H4,15,16,17,18,19). The highest BCUT2D eigenvalue weighted by molar-refractivity contribution is 7.99. The van der Waals surface area contributed by atoms with Gasteiger partial charge >= 0.3 is 0 Å². The molecule has 0 spiro atoms. The minimum absolute atomic E-state index is 0.0801. The predicted molar refractivity (Wildman–Crippen MR) is 85.8 cm³/mol. The maximum Gasteiger partial charge on any atom is 0.237 e. The zero-order chi connectivity index (χ0) is 15.5. The minimum atomic E-state index is 0.0801. The fourth-order valence-corrected chi connectivity index (χ4v) is 3.33. The molecule has 1 fully saturated rings. The number of nitrogen functional groups attached to an aromatic ring is 2. The highest BCUT2D eigenvalue weighted by atomic mass is 32.2. The Morgan fingerprint density at radius 3 is 2.55 bits per heavy atom. The quantitative estimate of drug-likeness (QED) is 0.792. The Morgan fingerprint density at radius 1 is 1.23 bits per heavy atom. The van der Waals surface area contributed by atoms with E-state index in [2.05, 4.69) is 21.0 Å². The first-order valence-corrected chi connectivity index (χ1v) is 8.53. The fourth-order valence-electron chi connectivity index (χ4n) is 2.62. The van der Waals surface area contributed by atoms with Crippen LogP contribution in [0.25, 0.3) is 0 Å². The molecule has 0 aliphatic heterocycles. The molecule has 0 radical (unpaired) electrons. The molecular weight excluding hydrogens is 300 g/mol. The molecule has 1 amide bonds. The highest BCUT2D eigenvalue weighted by Crippen LogP contribution is 2.34. The number of thioether (sulfide) groups is 1. The lowest BCUT2D eigenvalue weighted by atomic mass is 10.0. The van der Waals surface area contributed by atoms with Crippen molar-refractivity contribution >= 4 is 29.6 Å². The van der Waals surface area contributed by atoms with Crippen LogP contribution in [-0.4, -0.2) is 37.6 Å². The van der Waals surface area contributed by atoms with Crippen LogP contribution >= 0.6 is 11.8 Å². The molecule has 1 heterocycles. The second-order valence-electron chi connectivity index (χ2n) is 5.56. The van der Waals surface area contributed by atoms with Crippen LogP contribution in [-0.2, 0) is 4.79 Å². The Balaban J connectivity index is 1.65. The SMILES string of the molecule is Nc1nc(N)nc(SCC(=O)N(C2=CCCCC2)C2CC2)n1. The third-order valence-electron chi connectivity index (χ3n) is 3.73. The van der Waals surface area contributed by atoms with E-state index in [1.54, 1.807) is 0 Å². The molecule has 118 valence electrons. The largest absolute Gasteiger partial charge is 0.368 e. The molecule has 4 N–H and O–H groups in total. The Kier molecular flexibility index (Phi) is 4.47. The van der Waals surface area contributed by atoms with Gasteiger partial charge < -0.3 is 16.4 Å². The lowest BCUT2D eigenvalue weighted by molar-refractivity contribution is -0.127. The summed E-state index contributed by atoms with van der Waals surface area (Å²) in [4.78, 5) is 26.3. The van der Waals surface area contributed by atoms with Crippen LogP contribution in [0.1, 0.15) is 38.5 Å².